The summed E-state index contributed by atoms with van der Waals surface area (Å²) in [4.78, 5) is 13.7. The molecule has 12 aromatic carbocycles. The molecule has 316 valence electrons. The number of anilines is 3. The van der Waals surface area contributed by atoms with Crippen molar-refractivity contribution in [2.75, 3.05) is 4.90 Å². The van der Waals surface area contributed by atoms with Gasteiger partial charge in [0, 0.05) is 44.0 Å². The summed E-state index contributed by atoms with van der Waals surface area (Å²) in [7, 11) is 0. The molecule has 0 saturated heterocycles. The molecule has 0 amide bonds. The van der Waals surface area contributed by atoms with Gasteiger partial charge in [0.25, 0.3) is 0 Å². The summed E-state index contributed by atoms with van der Waals surface area (Å²) in [5.41, 5.74) is 14.8. The maximum absolute atomic E-state index is 5.76. The van der Waals surface area contributed by atoms with Crippen LogP contribution in [0.25, 0.3) is 115 Å². The smallest absolute Gasteiger partial charge is 0.0995 e. The highest BCUT2D eigenvalue weighted by atomic mass is 15.1. The van der Waals surface area contributed by atoms with E-state index in [0.29, 0.717) is 0 Å². The molecule has 0 spiro atoms. The van der Waals surface area contributed by atoms with Crippen molar-refractivity contribution in [2.45, 2.75) is 0 Å². The minimum atomic E-state index is 0.869. The van der Waals surface area contributed by atoms with Crippen LogP contribution in [0.2, 0.25) is 0 Å². The van der Waals surface area contributed by atoms with Gasteiger partial charge in [0.2, 0.25) is 0 Å². The summed E-state index contributed by atoms with van der Waals surface area (Å²) in [6.07, 6.45) is 0. The number of nitrogens with zero attached hydrogens (tertiary/aromatic N) is 4. The van der Waals surface area contributed by atoms with Gasteiger partial charge in [0.05, 0.1) is 38.8 Å². The molecule has 0 aliphatic rings. The standard InChI is InChI=1S/C64H40N4/c1-3-15-41(16-4-1)46-23-13-24-48(37-46)68-59-36-35-57-64(61(59)55-33-30-47(39-60(55)68)42-17-5-2-6-18-42)66-63-54-34-32-50(40-56(54)52-26-11-12-27-53(52)62(63)65-57)67(49-31-29-43-19-7-8-21-45(43)38-49)58-28-14-22-44-20-9-10-25-51(44)58/h1-40H. The first-order valence-electron chi connectivity index (χ1n) is 23.2. The quantitative estimate of drug-likeness (QED) is 0.123. The van der Waals surface area contributed by atoms with E-state index in [9.17, 15) is 0 Å². The van der Waals surface area contributed by atoms with Crippen LogP contribution in [-0.4, -0.2) is 14.5 Å². The molecule has 0 saturated carbocycles. The van der Waals surface area contributed by atoms with Crippen LogP contribution >= 0.6 is 0 Å². The lowest BCUT2D eigenvalue weighted by molar-refractivity contribution is 1.18. The third kappa shape index (κ3) is 6.01. The molecular weight excluding hydrogens is 825 g/mol. The molecule has 0 aliphatic heterocycles. The van der Waals surface area contributed by atoms with Crippen LogP contribution in [0, 0.1) is 0 Å². The third-order valence-electron chi connectivity index (χ3n) is 13.9. The average molecular weight is 865 g/mol. The first-order chi connectivity index (χ1) is 33.7. The molecule has 14 aromatic rings. The third-order valence-corrected chi connectivity index (χ3v) is 13.9. The van der Waals surface area contributed by atoms with Crippen LogP contribution in [0.15, 0.2) is 243 Å². The highest BCUT2D eigenvalue weighted by molar-refractivity contribution is 6.27. The molecule has 0 N–H and O–H groups in total. The second-order valence-corrected chi connectivity index (χ2v) is 17.7. The second-order valence-electron chi connectivity index (χ2n) is 17.7. The first kappa shape index (κ1) is 38.2. The van der Waals surface area contributed by atoms with Gasteiger partial charge < -0.3 is 9.47 Å². The molecule has 2 heterocycles. The maximum Gasteiger partial charge on any atom is 0.0995 e. The Morgan fingerprint density at radius 2 is 0.912 bits per heavy atom. The zero-order valence-corrected chi connectivity index (χ0v) is 36.9. The first-order valence-corrected chi connectivity index (χ1v) is 23.2. The molecule has 4 nitrogen and oxygen atoms in total. The Morgan fingerprint density at radius 3 is 1.74 bits per heavy atom. The van der Waals surface area contributed by atoms with Gasteiger partial charge >= 0.3 is 0 Å². The van der Waals surface area contributed by atoms with Gasteiger partial charge in [-0.1, -0.05) is 182 Å². The van der Waals surface area contributed by atoms with E-state index in [4.69, 9.17) is 9.97 Å². The van der Waals surface area contributed by atoms with Crippen molar-refractivity contribution in [1.29, 1.82) is 0 Å². The van der Waals surface area contributed by atoms with Crippen LogP contribution in [0.1, 0.15) is 0 Å². The highest BCUT2D eigenvalue weighted by Gasteiger charge is 2.22. The minimum absolute atomic E-state index is 0.869. The van der Waals surface area contributed by atoms with Crippen LogP contribution in [0.4, 0.5) is 17.1 Å². The van der Waals surface area contributed by atoms with Crippen LogP contribution in [-0.2, 0) is 0 Å². The van der Waals surface area contributed by atoms with Crippen molar-refractivity contribution < 1.29 is 0 Å². The summed E-state index contributed by atoms with van der Waals surface area (Å²) >= 11 is 0. The number of aromatic nitrogens is 3. The fourth-order valence-corrected chi connectivity index (χ4v) is 10.7. The Balaban J connectivity index is 1.04. The Morgan fingerprint density at radius 1 is 0.309 bits per heavy atom. The van der Waals surface area contributed by atoms with Gasteiger partial charge in [-0.2, -0.15) is 0 Å². The van der Waals surface area contributed by atoms with Gasteiger partial charge in [0.15, 0.2) is 0 Å². The SMILES string of the molecule is c1ccc(-c2cccc(-n3c4cc(-c5ccccc5)ccc4c4c5nc6c7ccc(N(c8ccc9ccccc9c8)c8cccc9ccccc89)cc7c7ccccc7c6nc5ccc43)c2)cc1. The molecular formula is C64H40N4. The lowest BCUT2D eigenvalue weighted by Gasteiger charge is -2.27. The molecule has 0 fully saturated rings. The van der Waals surface area contributed by atoms with E-state index in [1.54, 1.807) is 0 Å². The van der Waals surface area contributed by atoms with E-state index in [2.05, 4.69) is 252 Å². The summed E-state index contributed by atoms with van der Waals surface area (Å²) in [5.74, 6) is 0. The van der Waals surface area contributed by atoms with Gasteiger partial charge in [-0.15, -0.1) is 0 Å². The summed E-state index contributed by atoms with van der Waals surface area (Å²) in [6, 6.07) is 87.6. The molecule has 0 radical (unpaired) electrons. The summed E-state index contributed by atoms with van der Waals surface area (Å²) in [6.45, 7) is 0. The van der Waals surface area contributed by atoms with Crippen molar-refractivity contribution in [3.63, 3.8) is 0 Å². The van der Waals surface area contributed by atoms with Crippen molar-refractivity contribution >= 4 is 104 Å². The zero-order chi connectivity index (χ0) is 44.7. The number of hydrogen-bond donors (Lipinski definition) is 0. The van der Waals surface area contributed by atoms with Crippen molar-refractivity contribution in [3.8, 4) is 27.9 Å². The molecule has 0 unspecified atom stereocenters. The van der Waals surface area contributed by atoms with Crippen LogP contribution in [0.3, 0.4) is 0 Å². The van der Waals surface area contributed by atoms with Gasteiger partial charge in [-0.3, -0.25) is 0 Å². The Hall–Kier alpha value is -9.12. The Labute approximate surface area is 392 Å². The van der Waals surface area contributed by atoms with E-state index >= 15 is 0 Å². The lowest BCUT2D eigenvalue weighted by atomic mass is 9.97. The lowest BCUT2D eigenvalue weighted by Crippen LogP contribution is -2.10. The number of hydrogen-bond acceptors (Lipinski definition) is 3. The molecule has 14 rings (SSSR count). The van der Waals surface area contributed by atoms with E-state index < -0.39 is 0 Å². The number of benzene rings is 12. The predicted octanol–water partition coefficient (Wildman–Crippen LogP) is 17.3. The molecule has 2 aromatic heterocycles. The normalized spacial score (nSPS) is 11.8. The van der Waals surface area contributed by atoms with Gasteiger partial charge in [-0.05, 0) is 110 Å². The number of fused-ring (bicyclic) bond motifs is 13. The van der Waals surface area contributed by atoms with E-state index in [0.717, 1.165) is 93.7 Å². The molecule has 4 heteroatoms. The Kier molecular flexibility index (Phi) is 8.55. The van der Waals surface area contributed by atoms with Gasteiger partial charge in [-0.25, -0.2) is 9.97 Å². The highest BCUT2D eigenvalue weighted by Crippen LogP contribution is 2.45. The molecule has 0 aliphatic carbocycles. The largest absolute Gasteiger partial charge is 0.310 e. The van der Waals surface area contributed by atoms with Crippen molar-refractivity contribution in [3.05, 3.63) is 243 Å². The van der Waals surface area contributed by atoms with E-state index in [1.807, 2.05) is 0 Å². The van der Waals surface area contributed by atoms with Crippen LogP contribution < -0.4 is 4.90 Å². The second kappa shape index (κ2) is 15.2. The summed E-state index contributed by atoms with van der Waals surface area (Å²) in [5, 5.41) is 11.4. The fourth-order valence-electron chi connectivity index (χ4n) is 10.7. The van der Waals surface area contributed by atoms with E-state index in [1.165, 1.54) is 38.2 Å². The maximum atomic E-state index is 5.76. The fraction of sp³-hybridized carbons (Fsp3) is 0. The number of rotatable bonds is 6. The van der Waals surface area contributed by atoms with Crippen molar-refractivity contribution in [2.24, 2.45) is 0 Å². The topological polar surface area (TPSA) is 34.0 Å². The average Bonchev–Trinajstić information content (AvgIpc) is 3.75. The predicted molar refractivity (Wildman–Crippen MR) is 287 cm³/mol. The summed E-state index contributed by atoms with van der Waals surface area (Å²) < 4.78 is 2.41. The van der Waals surface area contributed by atoms with E-state index in [-0.39, 0.29) is 0 Å². The molecule has 0 bridgehead atoms. The monoisotopic (exact) mass is 864 g/mol. The van der Waals surface area contributed by atoms with Crippen molar-refractivity contribution in [1.82, 2.24) is 14.5 Å². The minimum Gasteiger partial charge on any atom is -0.310 e. The van der Waals surface area contributed by atoms with Crippen LogP contribution in [0.5, 0.6) is 0 Å². The Bertz CT molecular complexity index is 4320. The molecule has 68 heavy (non-hydrogen) atoms. The molecule has 0 atom stereocenters. The zero-order valence-electron chi connectivity index (χ0n) is 36.9. The van der Waals surface area contributed by atoms with Gasteiger partial charge in [0.1, 0.15) is 0 Å².